The summed E-state index contributed by atoms with van der Waals surface area (Å²) in [6.07, 6.45) is 0.891. The summed E-state index contributed by atoms with van der Waals surface area (Å²) in [7, 11) is -4.26. The van der Waals surface area contributed by atoms with E-state index < -0.39 is 32.7 Å². The van der Waals surface area contributed by atoms with Gasteiger partial charge in [0.2, 0.25) is 0 Å². The topological polar surface area (TPSA) is 96.2 Å². The molecule has 0 aliphatic rings. The summed E-state index contributed by atoms with van der Waals surface area (Å²) in [5, 5.41) is 17.4. The molecule has 16 heavy (non-hydrogen) atoms. The normalized spacial score (nSPS) is 19.1. The van der Waals surface area contributed by atoms with Crippen LogP contribution in [0.1, 0.15) is 26.2 Å². The molecule has 0 bridgehead atoms. The Hall–Kier alpha value is 0.320. The standard InChI is InChI=1S/C8H18ClO6P/c1-2-3-4-8(9)15-16(12,13)14-6-7(11)5-10/h7-8,10-11H,2-6H2,1H3,(H,12,13). The van der Waals surface area contributed by atoms with Gasteiger partial charge in [0, 0.05) is 0 Å². The van der Waals surface area contributed by atoms with Crippen molar-refractivity contribution in [3.63, 3.8) is 0 Å². The van der Waals surface area contributed by atoms with Crippen molar-refractivity contribution in [2.24, 2.45) is 0 Å². The van der Waals surface area contributed by atoms with E-state index in [1.165, 1.54) is 0 Å². The maximum atomic E-state index is 11.2. The Kier molecular flexibility index (Phi) is 8.58. The van der Waals surface area contributed by atoms with Crippen molar-refractivity contribution in [3.05, 3.63) is 0 Å². The van der Waals surface area contributed by atoms with Gasteiger partial charge < -0.3 is 15.1 Å². The highest BCUT2D eigenvalue weighted by Gasteiger charge is 2.26. The highest BCUT2D eigenvalue weighted by atomic mass is 35.5. The number of aliphatic hydroxyl groups excluding tert-OH is 2. The van der Waals surface area contributed by atoms with Gasteiger partial charge in [0.15, 0.2) is 0 Å². The van der Waals surface area contributed by atoms with Crippen molar-refractivity contribution < 1.29 is 28.7 Å². The molecule has 0 aromatic carbocycles. The largest absolute Gasteiger partial charge is 0.473 e. The molecule has 0 spiro atoms. The second-order valence-electron chi connectivity index (χ2n) is 3.26. The van der Waals surface area contributed by atoms with Crippen LogP contribution in [0.4, 0.5) is 0 Å². The minimum atomic E-state index is -4.26. The van der Waals surface area contributed by atoms with E-state index in [1.54, 1.807) is 0 Å². The summed E-state index contributed by atoms with van der Waals surface area (Å²) < 4.78 is 20.3. The highest BCUT2D eigenvalue weighted by Crippen LogP contribution is 2.45. The summed E-state index contributed by atoms with van der Waals surface area (Å²) in [6, 6.07) is 0. The fourth-order valence-corrected chi connectivity index (χ4v) is 2.10. The summed E-state index contributed by atoms with van der Waals surface area (Å²) in [5.74, 6) is 0. The predicted molar refractivity (Wildman–Crippen MR) is 59.1 cm³/mol. The Balaban J connectivity index is 3.89. The minimum absolute atomic E-state index is 0.439. The number of alkyl halides is 1. The number of hydrogen-bond donors (Lipinski definition) is 3. The van der Waals surface area contributed by atoms with Gasteiger partial charge in [-0.1, -0.05) is 24.9 Å². The van der Waals surface area contributed by atoms with E-state index in [9.17, 15) is 4.57 Å². The molecule has 0 fully saturated rings. The second-order valence-corrected chi connectivity index (χ2v) is 5.15. The Morgan fingerprint density at radius 1 is 1.50 bits per heavy atom. The van der Waals surface area contributed by atoms with Crippen LogP contribution in [0.25, 0.3) is 0 Å². The van der Waals surface area contributed by atoms with E-state index >= 15 is 0 Å². The first-order valence-electron chi connectivity index (χ1n) is 5.00. The summed E-state index contributed by atoms with van der Waals surface area (Å²) in [5.41, 5.74) is -0.901. The highest BCUT2D eigenvalue weighted by molar-refractivity contribution is 7.47. The molecule has 3 atom stereocenters. The van der Waals surface area contributed by atoms with Crippen LogP contribution in [0.5, 0.6) is 0 Å². The number of unbranched alkanes of at least 4 members (excludes halogenated alkanes) is 1. The molecule has 6 nitrogen and oxygen atoms in total. The van der Waals surface area contributed by atoms with Gasteiger partial charge >= 0.3 is 7.82 Å². The predicted octanol–water partition coefficient (Wildman–Crippen LogP) is 1.23. The lowest BCUT2D eigenvalue weighted by atomic mass is 10.3. The average Bonchev–Trinajstić information content (AvgIpc) is 2.22. The SMILES string of the molecule is CCCCC(Cl)OP(=O)(O)OCC(O)CO. The molecule has 3 unspecified atom stereocenters. The first-order chi connectivity index (χ1) is 7.41. The van der Waals surface area contributed by atoms with Crippen LogP contribution in [0, 0.1) is 0 Å². The zero-order valence-electron chi connectivity index (χ0n) is 9.08. The fraction of sp³-hybridized carbons (Fsp3) is 1.00. The van der Waals surface area contributed by atoms with E-state index in [2.05, 4.69) is 9.05 Å². The molecule has 0 radical (unpaired) electrons. The Labute approximate surface area is 99.8 Å². The molecule has 0 aromatic heterocycles. The van der Waals surface area contributed by atoms with Crippen molar-refractivity contribution in [2.45, 2.75) is 37.9 Å². The van der Waals surface area contributed by atoms with Gasteiger partial charge in [0.25, 0.3) is 0 Å². The monoisotopic (exact) mass is 276 g/mol. The molecule has 0 saturated heterocycles. The molecule has 8 heteroatoms. The van der Waals surface area contributed by atoms with E-state index in [0.29, 0.717) is 6.42 Å². The van der Waals surface area contributed by atoms with E-state index in [4.69, 9.17) is 26.7 Å². The first-order valence-corrected chi connectivity index (χ1v) is 6.93. The van der Waals surface area contributed by atoms with Crippen molar-refractivity contribution in [1.29, 1.82) is 0 Å². The summed E-state index contributed by atoms with van der Waals surface area (Å²) >= 11 is 5.65. The van der Waals surface area contributed by atoms with Gasteiger partial charge in [-0.05, 0) is 12.8 Å². The minimum Gasteiger partial charge on any atom is -0.394 e. The van der Waals surface area contributed by atoms with Crippen LogP contribution >= 0.6 is 19.4 Å². The number of phosphoric acid groups is 1. The van der Waals surface area contributed by atoms with Crippen LogP contribution in [0.2, 0.25) is 0 Å². The van der Waals surface area contributed by atoms with Gasteiger partial charge in [0.1, 0.15) is 11.7 Å². The third-order valence-corrected chi connectivity index (χ3v) is 3.10. The smallest absolute Gasteiger partial charge is 0.394 e. The van der Waals surface area contributed by atoms with Crippen molar-refractivity contribution in [3.8, 4) is 0 Å². The number of aliphatic hydroxyl groups is 2. The lowest BCUT2D eigenvalue weighted by molar-refractivity contribution is 0.0339. The lowest BCUT2D eigenvalue weighted by Crippen LogP contribution is -2.19. The third kappa shape index (κ3) is 8.47. The van der Waals surface area contributed by atoms with Crippen molar-refractivity contribution in [2.75, 3.05) is 13.2 Å². The molecule has 0 aromatic rings. The van der Waals surface area contributed by atoms with Crippen LogP contribution in [-0.2, 0) is 13.6 Å². The van der Waals surface area contributed by atoms with Crippen LogP contribution in [-0.4, -0.2) is 40.0 Å². The van der Waals surface area contributed by atoms with Gasteiger partial charge in [-0.2, -0.15) is 0 Å². The quantitative estimate of drug-likeness (QED) is 0.433. The molecule has 0 heterocycles. The number of hydrogen-bond acceptors (Lipinski definition) is 5. The van der Waals surface area contributed by atoms with Gasteiger partial charge in [-0.15, -0.1) is 0 Å². The molecule has 0 aliphatic carbocycles. The second kappa shape index (κ2) is 8.42. The Morgan fingerprint density at radius 2 is 2.12 bits per heavy atom. The van der Waals surface area contributed by atoms with E-state index in [1.807, 2.05) is 6.92 Å². The third-order valence-electron chi connectivity index (χ3n) is 1.67. The number of rotatable bonds is 9. The summed E-state index contributed by atoms with van der Waals surface area (Å²) in [6.45, 7) is 0.915. The molecule has 0 rings (SSSR count). The molecule has 3 N–H and O–H groups in total. The maximum Gasteiger partial charge on any atom is 0.473 e. The van der Waals surface area contributed by atoms with Crippen LogP contribution < -0.4 is 0 Å². The van der Waals surface area contributed by atoms with Crippen LogP contribution in [0.15, 0.2) is 0 Å². The van der Waals surface area contributed by atoms with Gasteiger partial charge in [-0.3, -0.25) is 9.05 Å². The molecule has 0 saturated carbocycles. The number of halogens is 1. The van der Waals surface area contributed by atoms with E-state index in [-0.39, 0.29) is 0 Å². The van der Waals surface area contributed by atoms with Crippen molar-refractivity contribution in [1.82, 2.24) is 0 Å². The number of phosphoric ester groups is 1. The van der Waals surface area contributed by atoms with Gasteiger partial charge in [-0.25, -0.2) is 4.57 Å². The van der Waals surface area contributed by atoms with Crippen molar-refractivity contribution >= 4 is 19.4 Å². The van der Waals surface area contributed by atoms with Crippen LogP contribution in [0.3, 0.4) is 0 Å². The average molecular weight is 277 g/mol. The summed E-state index contributed by atoms with van der Waals surface area (Å²) in [4.78, 5) is 9.16. The fourth-order valence-electron chi connectivity index (χ4n) is 0.825. The molecule has 0 amide bonds. The zero-order chi connectivity index (χ0) is 12.6. The van der Waals surface area contributed by atoms with E-state index in [0.717, 1.165) is 12.8 Å². The maximum absolute atomic E-state index is 11.2. The first kappa shape index (κ1) is 16.3. The lowest BCUT2D eigenvalue weighted by Gasteiger charge is -2.16. The zero-order valence-corrected chi connectivity index (χ0v) is 10.7. The van der Waals surface area contributed by atoms with Gasteiger partial charge in [0.05, 0.1) is 13.2 Å². The molecule has 0 aliphatic heterocycles. The Morgan fingerprint density at radius 3 is 2.62 bits per heavy atom. The molecular weight excluding hydrogens is 259 g/mol. The Bertz CT molecular complexity index is 227. The molecular formula is C8H18ClO6P. The molecule has 98 valence electrons.